The fraction of sp³-hybridized carbons (Fsp3) is 0.538. The second-order valence-electron chi connectivity index (χ2n) is 4.43. The summed E-state index contributed by atoms with van der Waals surface area (Å²) in [5, 5.41) is 0. The molecule has 1 fully saturated rings. The fourth-order valence-electron chi connectivity index (χ4n) is 2.25. The van der Waals surface area contributed by atoms with Gasteiger partial charge in [0.1, 0.15) is 5.69 Å². The van der Waals surface area contributed by atoms with Gasteiger partial charge in [0.25, 0.3) is 5.91 Å². The van der Waals surface area contributed by atoms with Gasteiger partial charge >= 0.3 is 5.97 Å². The molecular weight excluding hydrogens is 232 g/mol. The number of nitrogens with zero attached hydrogens (tertiary/aromatic N) is 1. The molecule has 1 aliphatic heterocycles. The molecule has 0 bridgehead atoms. The van der Waals surface area contributed by atoms with Crippen molar-refractivity contribution in [3.63, 3.8) is 0 Å². The first-order chi connectivity index (χ1) is 8.72. The summed E-state index contributed by atoms with van der Waals surface area (Å²) in [6, 6.07) is 3.54. The van der Waals surface area contributed by atoms with E-state index in [1.165, 1.54) is 0 Å². The summed E-state index contributed by atoms with van der Waals surface area (Å²) in [4.78, 5) is 28.4. The number of rotatable bonds is 3. The van der Waals surface area contributed by atoms with Gasteiger partial charge in [-0.15, -0.1) is 0 Å². The summed E-state index contributed by atoms with van der Waals surface area (Å²) in [5.41, 5.74) is 0.569. The van der Waals surface area contributed by atoms with Gasteiger partial charge in [0.05, 0.1) is 12.5 Å². The van der Waals surface area contributed by atoms with Crippen molar-refractivity contribution in [1.29, 1.82) is 0 Å². The van der Waals surface area contributed by atoms with E-state index in [9.17, 15) is 9.59 Å². The molecule has 98 valence electrons. The highest BCUT2D eigenvalue weighted by Crippen LogP contribution is 2.19. The Morgan fingerprint density at radius 1 is 1.56 bits per heavy atom. The minimum absolute atomic E-state index is 0.0472. The van der Waals surface area contributed by atoms with Crippen LogP contribution >= 0.6 is 0 Å². The van der Waals surface area contributed by atoms with E-state index in [1.54, 1.807) is 30.2 Å². The SMILES string of the molecule is CCOC(=O)[C@@H]1CCCN(C(=O)c2ccc[nH]2)C1. The number of nitrogens with one attached hydrogen (secondary N) is 1. The van der Waals surface area contributed by atoms with Gasteiger partial charge < -0.3 is 14.6 Å². The van der Waals surface area contributed by atoms with E-state index in [1.807, 2.05) is 0 Å². The lowest BCUT2D eigenvalue weighted by molar-refractivity contribution is -0.149. The summed E-state index contributed by atoms with van der Waals surface area (Å²) in [7, 11) is 0. The minimum atomic E-state index is -0.193. The molecule has 1 aliphatic rings. The minimum Gasteiger partial charge on any atom is -0.466 e. The number of aromatic nitrogens is 1. The van der Waals surface area contributed by atoms with Crippen LogP contribution in [-0.4, -0.2) is 41.5 Å². The van der Waals surface area contributed by atoms with E-state index in [4.69, 9.17) is 4.74 Å². The van der Waals surface area contributed by atoms with Crippen LogP contribution in [0.5, 0.6) is 0 Å². The first-order valence-corrected chi connectivity index (χ1v) is 6.31. The average Bonchev–Trinajstić information content (AvgIpc) is 2.92. The van der Waals surface area contributed by atoms with E-state index in [-0.39, 0.29) is 17.8 Å². The van der Waals surface area contributed by atoms with Gasteiger partial charge in [-0.25, -0.2) is 0 Å². The monoisotopic (exact) mass is 250 g/mol. The van der Waals surface area contributed by atoms with Crippen LogP contribution in [0.15, 0.2) is 18.3 Å². The molecule has 2 rings (SSSR count). The number of piperidine rings is 1. The smallest absolute Gasteiger partial charge is 0.310 e. The topological polar surface area (TPSA) is 62.4 Å². The van der Waals surface area contributed by atoms with Crippen molar-refractivity contribution in [3.05, 3.63) is 24.0 Å². The molecule has 0 unspecified atom stereocenters. The highest BCUT2D eigenvalue weighted by molar-refractivity contribution is 5.92. The number of aromatic amines is 1. The lowest BCUT2D eigenvalue weighted by Gasteiger charge is -2.31. The van der Waals surface area contributed by atoms with Crippen LogP contribution in [0.4, 0.5) is 0 Å². The van der Waals surface area contributed by atoms with Crippen molar-refractivity contribution in [2.75, 3.05) is 19.7 Å². The predicted octanol–water partition coefficient (Wildman–Crippen LogP) is 1.43. The molecular formula is C13H18N2O3. The molecule has 18 heavy (non-hydrogen) atoms. The van der Waals surface area contributed by atoms with Crippen molar-refractivity contribution in [2.45, 2.75) is 19.8 Å². The normalized spacial score (nSPS) is 19.6. The average molecular weight is 250 g/mol. The second kappa shape index (κ2) is 5.71. The number of esters is 1. The van der Waals surface area contributed by atoms with Gasteiger partial charge in [-0.1, -0.05) is 0 Å². The van der Waals surface area contributed by atoms with E-state index in [0.29, 0.717) is 25.4 Å². The Labute approximate surface area is 106 Å². The Bertz CT molecular complexity index is 414. The first kappa shape index (κ1) is 12.7. The van der Waals surface area contributed by atoms with Crippen molar-refractivity contribution in [3.8, 4) is 0 Å². The molecule has 0 aromatic carbocycles. The van der Waals surface area contributed by atoms with Crippen LogP contribution in [-0.2, 0) is 9.53 Å². The standard InChI is InChI=1S/C13H18N2O3/c1-2-18-13(17)10-5-4-8-15(9-10)12(16)11-6-3-7-14-11/h3,6-7,10,14H,2,4-5,8-9H2,1H3/t10-/m1/s1. The van der Waals surface area contributed by atoms with Crippen molar-refractivity contribution in [2.24, 2.45) is 5.92 Å². The zero-order valence-corrected chi connectivity index (χ0v) is 10.5. The van der Waals surface area contributed by atoms with Gasteiger partial charge in [-0.2, -0.15) is 0 Å². The maximum absolute atomic E-state index is 12.1. The largest absolute Gasteiger partial charge is 0.466 e. The van der Waals surface area contributed by atoms with Crippen LogP contribution in [0.2, 0.25) is 0 Å². The number of carbonyl (C=O) groups excluding carboxylic acids is 2. The summed E-state index contributed by atoms with van der Waals surface area (Å²) >= 11 is 0. The molecule has 2 heterocycles. The van der Waals surface area contributed by atoms with Crippen LogP contribution in [0.3, 0.4) is 0 Å². The summed E-state index contributed by atoms with van der Waals surface area (Å²) < 4.78 is 5.02. The summed E-state index contributed by atoms with van der Waals surface area (Å²) in [5.74, 6) is -0.423. The number of hydrogen-bond acceptors (Lipinski definition) is 3. The number of hydrogen-bond donors (Lipinski definition) is 1. The maximum atomic E-state index is 12.1. The highest BCUT2D eigenvalue weighted by atomic mass is 16.5. The Morgan fingerprint density at radius 2 is 2.39 bits per heavy atom. The van der Waals surface area contributed by atoms with Crippen LogP contribution in [0.25, 0.3) is 0 Å². The Balaban J connectivity index is 1.98. The van der Waals surface area contributed by atoms with Crippen molar-refractivity contribution >= 4 is 11.9 Å². The van der Waals surface area contributed by atoms with Crippen molar-refractivity contribution in [1.82, 2.24) is 9.88 Å². The Morgan fingerprint density at radius 3 is 3.06 bits per heavy atom. The second-order valence-corrected chi connectivity index (χ2v) is 4.43. The Kier molecular flexibility index (Phi) is 4.02. The van der Waals surface area contributed by atoms with E-state index in [0.717, 1.165) is 12.8 Å². The quantitative estimate of drug-likeness (QED) is 0.825. The van der Waals surface area contributed by atoms with Gasteiger partial charge in [-0.3, -0.25) is 9.59 Å². The zero-order valence-electron chi connectivity index (χ0n) is 10.5. The van der Waals surface area contributed by atoms with Gasteiger partial charge in [0.2, 0.25) is 0 Å². The molecule has 1 aromatic heterocycles. The number of H-pyrrole nitrogens is 1. The molecule has 1 amide bonds. The Hall–Kier alpha value is -1.78. The molecule has 1 aromatic rings. The third-order valence-electron chi connectivity index (χ3n) is 3.16. The maximum Gasteiger partial charge on any atom is 0.310 e. The van der Waals surface area contributed by atoms with E-state index in [2.05, 4.69) is 4.98 Å². The van der Waals surface area contributed by atoms with E-state index >= 15 is 0 Å². The summed E-state index contributed by atoms with van der Waals surface area (Å²) in [6.45, 7) is 3.34. The molecule has 0 spiro atoms. The fourth-order valence-corrected chi connectivity index (χ4v) is 2.25. The zero-order chi connectivity index (χ0) is 13.0. The van der Waals surface area contributed by atoms with E-state index < -0.39 is 0 Å². The molecule has 1 N–H and O–H groups in total. The number of ether oxygens (including phenoxy) is 1. The predicted molar refractivity (Wildman–Crippen MR) is 66.1 cm³/mol. The first-order valence-electron chi connectivity index (χ1n) is 6.31. The van der Waals surface area contributed by atoms with Gasteiger partial charge in [0, 0.05) is 19.3 Å². The molecule has 0 saturated carbocycles. The number of carbonyl (C=O) groups is 2. The van der Waals surface area contributed by atoms with Crippen LogP contribution < -0.4 is 0 Å². The van der Waals surface area contributed by atoms with Crippen molar-refractivity contribution < 1.29 is 14.3 Å². The molecule has 0 radical (unpaired) electrons. The van der Waals surface area contributed by atoms with Gasteiger partial charge in [0.15, 0.2) is 0 Å². The third-order valence-corrected chi connectivity index (χ3v) is 3.16. The van der Waals surface area contributed by atoms with Crippen LogP contribution in [0, 0.1) is 5.92 Å². The number of amides is 1. The molecule has 1 atom stereocenters. The lowest BCUT2D eigenvalue weighted by atomic mass is 9.98. The third kappa shape index (κ3) is 2.72. The summed E-state index contributed by atoms with van der Waals surface area (Å²) in [6.07, 6.45) is 3.36. The molecule has 5 heteroatoms. The lowest BCUT2D eigenvalue weighted by Crippen LogP contribution is -2.42. The molecule has 1 saturated heterocycles. The van der Waals surface area contributed by atoms with Crippen LogP contribution in [0.1, 0.15) is 30.3 Å². The highest BCUT2D eigenvalue weighted by Gasteiger charge is 2.29. The molecule has 5 nitrogen and oxygen atoms in total. The van der Waals surface area contributed by atoms with Gasteiger partial charge in [-0.05, 0) is 31.9 Å². The number of likely N-dealkylation sites (tertiary alicyclic amines) is 1. The molecule has 0 aliphatic carbocycles.